The summed E-state index contributed by atoms with van der Waals surface area (Å²) in [5.41, 5.74) is 0. The Hall–Kier alpha value is -1.35. The molecule has 1 atom stereocenters. The van der Waals surface area contributed by atoms with Gasteiger partial charge in [-0.1, -0.05) is 0 Å². The lowest BCUT2D eigenvalue weighted by Gasteiger charge is -2.30. The number of hydrogen-bond acceptors (Lipinski definition) is 5. The maximum atomic E-state index is 12.2. The third-order valence-corrected chi connectivity index (χ3v) is 4.97. The van der Waals surface area contributed by atoms with Crippen molar-refractivity contribution in [1.82, 2.24) is 9.80 Å². The maximum absolute atomic E-state index is 12.2. The quantitative estimate of drug-likeness (QED) is 0.693. The molecule has 1 fully saturated rings. The van der Waals surface area contributed by atoms with E-state index in [1.54, 1.807) is 0 Å². The Kier molecular flexibility index (Phi) is 5.75. The molecule has 0 aromatic carbocycles. The fourth-order valence-corrected chi connectivity index (χ4v) is 3.84. The molecule has 0 aliphatic carbocycles. The van der Waals surface area contributed by atoms with Gasteiger partial charge in [0.15, 0.2) is 9.84 Å². The molecule has 0 aromatic heterocycles. The van der Waals surface area contributed by atoms with E-state index >= 15 is 0 Å². The van der Waals surface area contributed by atoms with Gasteiger partial charge in [-0.15, -0.1) is 0 Å². The molecule has 0 saturated carbocycles. The minimum Gasteiger partial charge on any atom is -0.480 e. The van der Waals surface area contributed by atoms with Crippen molar-refractivity contribution in [2.24, 2.45) is 0 Å². The fourth-order valence-electron chi connectivity index (χ4n) is 2.07. The average Bonchev–Trinajstić information content (AvgIpc) is 2.72. The van der Waals surface area contributed by atoms with Crippen LogP contribution < -0.4 is 0 Å². The monoisotopic (exact) mass is 308 g/mol. The third-order valence-electron chi connectivity index (χ3n) is 3.22. The second kappa shape index (κ2) is 6.89. The SMILES string of the molecule is COCCN(CC(=O)O)C(=O)N(C)C1CCS(=O)(=O)C1. The molecule has 20 heavy (non-hydrogen) atoms. The Bertz CT molecular complexity index is 464. The Labute approximate surface area is 118 Å². The first-order valence-electron chi connectivity index (χ1n) is 6.19. The lowest BCUT2D eigenvalue weighted by molar-refractivity contribution is -0.137. The van der Waals surface area contributed by atoms with Crippen LogP contribution in [-0.2, 0) is 19.4 Å². The average molecular weight is 308 g/mol. The Morgan fingerprint density at radius 2 is 2.05 bits per heavy atom. The van der Waals surface area contributed by atoms with Crippen LogP contribution in [0.3, 0.4) is 0 Å². The van der Waals surface area contributed by atoms with Crippen LogP contribution in [0.25, 0.3) is 0 Å². The van der Waals surface area contributed by atoms with E-state index in [9.17, 15) is 18.0 Å². The second-order valence-electron chi connectivity index (χ2n) is 4.76. The summed E-state index contributed by atoms with van der Waals surface area (Å²) in [4.78, 5) is 25.4. The predicted molar refractivity (Wildman–Crippen MR) is 71.3 cm³/mol. The molecule has 1 aliphatic heterocycles. The largest absolute Gasteiger partial charge is 0.480 e. The number of methoxy groups -OCH3 is 1. The highest BCUT2D eigenvalue weighted by Crippen LogP contribution is 2.17. The van der Waals surface area contributed by atoms with Gasteiger partial charge in [0.2, 0.25) is 0 Å². The van der Waals surface area contributed by atoms with E-state index in [2.05, 4.69) is 0 Å². The molecule has 0 spiro atoms. The van der Waals surface area contributed by atoms with Gasteiger partial charge < -0.3 is 19.6 Å². The number of hydrogen-bond donors (Lipinski definition) is 1. The number of amides is 2. The van der Waals surface area contributed by atoms with Gasteiger partial charge in [-0.05, 0) is 6.42 Å². The van der Waals surface area contributed by atoms with E-state index in [4.69, 9.17) is 9.84 Å². The summed E-state index contributed by atoms with van der Waals surface area (Å²) in [7, 11) is -0.143. The van der Waals surface area contributed by atoms with Crippen LogP contribution in [-0.4, -0.2) is 86.7 Å². The molecule has 8 nitrogen and oxygen atoms in total. The topological polar surface area (TPSA) is 104 Å². The van der Waals surface area contributed by atoms with E-state index in [0.717, 1.165) is 4.90 Å². The first kappa shape index (κ1) is 16.7. The highest BCUT2D eigenvalue weighted by atomic mass is 32.2. The zero-order chi connectivity index (χ0) is 15.3. The van der Waals surface area contributed by atoms with Crippen molar-refractivity contribution in [3.63, 3.8) is 0 Å². The van der Waals surface area contributed by atoms with Crippen LogP contribution in [0.4, 0.5) is 4.79 Å². The summed E-state index contributed by atoms with van der Waals surface area (Å²) in [6.45, 7) is -0.0761. The highest BCUT2D eigenvalue weighted by Gasteiger charge is 2.34. The van der Waals surface area contributed by atoms with E-state index < -0.39 is 34.4 Å². The van der Waals surface area contributed by atoms with Crippen LogP contribution in [0.2, 0.25) is 0 Å². The summed E-state index contributed by atoms with van der Waals surface area (Å²) in [5.74, 6) is -1.13. The molecule has 1 aliphatic rings. The number of urea groups is 1. The number of ether oxygens (including phenoxy) is 1. The summed E-state index contributed by atoms with van der Waals surface area (Å²) < 4.78 is 27.7. The normalized spacial score (nSPS) is 20.6. The number of nitrogens with zero attached hydrogens (tertiary/aromatic N) is 2. The lowest BCUT2D eigenvalue weighted by atomic mass is 10.2. The minimum absolute atomic E-state index is 0.0618. The number of carboxylic acids is 1. The zero-order valence-corrected chi connectivity index (χ0v) is 12.4. The first-order chi connectivity index (χ1) is 9.26. The fraction of sp³-hybridized carbons (Fsp3) is 0.818. The maximum Gasteiger partial charge on any atom is 0.323 e. The number of aliphatic carboxylic acids is 1. The number of carbonyl (C=O) groups is 2. The van der Waals surface area contributed by atoms with Crippen LogP contribution in [0.15, 0.2) is 0 Å². The zero-order valence-electron chi connectivity index (χ0n) is 11.6. The molecule has 1 N–H and O–H groups in total. The molecule has 1 unspecified atom stereocenters. The summed E-state index contributed by atoms with van der Waals surface area (Å²) >= 11 is 0. The van der Waals surface area contributed by atoms with E-state index in [0.29, 0.717) is 6.42 Å². The Morgan fingerprint density at radius 1 is 1.40 bits per heavy atom. The van der Waals surface area contributed by atoms with Crippen molar-refractivity contribution in [2.75, 3.05) is 45.4 Å². The van der Waals surface area contributed by atoms with Gasteiger partial charge in [-0.25, -0.2) is 13.2 Å². The molecule has 116 valence electrons. The molecule has 1 rings (SSSR count). The second-order valence-corrected chi connectivity index (χ2v) is 6.99. The summed E-state index contributed by atoms with van der Waals surface area (Å²) in [5, 5.41) is 8.81. The molecule has 2 amide bonds. The van der Waals surface area contributed by atoms with Gasteiger partial charge in [0.05, 0.1) is 18.1 Å². The predicted octanol–water partition coefficient (Wildman–Crippen LogP) is -0.742. The van der Waals surface area contributed by atoms with Crippen molar-refractivity contribution in [2.45, 2.75) is 12.5 Å². The van der Waals surface area contributed by atoms with Crippen molar-refractivity contribution in [3.8, 4) is 0 Å². The van der Waals surface area contributed by atoms with Crippen LogP contribution in [0.5, 0.6) is 0 Å². The van der Waals surface area contributed by atoms with Gasteiger partial charge >= 0.3 is 12.0 Å². The van der Waals surface area contributed by atoms with Gasteiger partial charge in [0.1, 0.15) is 6.54 Å². The molecule has 0 bridgehead atoms. The molecule has 0 radical (unpaired) electrons. The highest BCUT2D eigenvalue weighted by molar-refractivity contribution is 7.91. The van der Waals surface area contributed by atoms with Gasteiger partial charge in [-0.2, -0.15) is 0 Å². The van der Waals surface area contributed by atoms with Crippen LogP contribution >= 0.6 is 0 Å². The summed E-state index contributed by atoms with van der Waals surface area (Å²) in [6.07, 6.45) is 0.385. The van der Waals surface area contributed by atoms with E-state index in [1.165, 1.54) is 19.1 Å². The smallest absolute Gasteiger partial charge is 0.323 e. The van der Waals surface area contributed by atoms with Crippen molar-refractivity contribution in [1.29, 1.82) is 0 Å². The van der Waals surface area contributed by atoms with Crippen LogP contribution in [0, 0.1) is 0 Å². The van der Waals surface area contributed by atoms with Gasteiger partial charge in [0, 0.05) is 26.7 Å². The standard InChI is InChI=1S/C11H20N2O6S/c1-12(9-3-6-20(17,18)8-9)11(16)13(4-5-19-2)7-10(14)15/h9H,3-8H2,1-2H3,(H,14,15). The number of rotatable bonds is 6. The Balaban J connectivity index is 2.70. The first-order valence-corrected chi connectivity index (χ1v) is 8.02. The number of sulfone groups is 1. The minimum atomic E-state index is -3.09. The summed E-state index contributed by atoms with van der Waals surface area (Å²) in [6, 6.07) is -0.891. The molecule has 0 aromatic rings. The molecule has 1 saturated heterocycles. The van der Waals surface area contributed by atoms with E-state index in [-0.39, 0.29) is 24.7 Å². The molecule has 1 heterocycles. The molecular weight excluding hydrogens is 288 g/mol. The molecular formula is C11H20N2O6S. The van der Waals surface area contributed by atoms with Gasteiger partial charge in [0.25, 0.3) is 0 Å². The third kappa shape index (κ3) is 4.64. The van der Waals surface area contributed by atoms with Crippen molar-refractivity contribution in [3.05, 3.63) is 0 Å². The Morgan fingerprint density at radius 3 is 2.50 bits per heavy atom. The lowest BCUT2D eigenvalue weighted by Crippen LogP contribution is -2.49. The molecule has 9 heteroatoms. The van der Waals surface area contributed by atoms with E-state index in [1.807, 2.05) is 0 Å². The number of carbonyl (C=O) groups excluding carboxylic acids is 1. The van der Waals surface area contributed by atoms with Crippen molar-refractivity contribution < 1.29 is 27.9 Å². The van der Waals surface area contributed by atoms with Crippen molar-refractivity contribution >= 4 is 21.8 Å². The number of carboxylic acid groups (broad SMARTS) is 1. The van der Waals surface area contributed by atoms with Crippen LogP contribution in [0.1, 0.15) is 6.42 Å². The van der Waals surface area contributed by atoms with Gasteiger partial charge in [-0.3, -0.25) is 4.79 Å².